The fourth-order valence-electron chi connectivity index (χ4n) is 3.76. The molecule has 0 radical (unpaired) electrons. The van der Waals surface area contributed by atoms with Gasteiger partial charge in [0.1, 0.15) is 5.92 Å². The minimum absolute atomic E-state index is 0.0534. The van der Waals surface area contributed by atoms with Crippen LogP contribution in [0.2, 0.25) is 0 Å². The quantitative estimate of drug-likeness (QED) is 0.531. The first kappa shape index (κ1) is 22.4. The highest BCUT2D eigenvalue weighted by Crippen LogP contribution is 2.32. The molecule has 2 heterocycles. The topological polar surface area (TPSA) is 111 Å². The molecule has 29 heavy (non-hydrogen) atoms. The number of hydrogen-bond acceptors (Lipinski definition) is 8. The molecule has 2 rings (SSSR count). The van der Waals surface area contributed by atoms with E-state index in [-0.39, 0.29) is 23.1 Å². The molecular weight excluding hydrogens is 380 g/mol. The van der Waals surface area contributed by atoms with Crippen LogP contribution >= 0.6 is 0 Å². The minimum Gasteiger partial charge on any atom is -0.466 e. The van der Waals surface area contributed by atoms with Crippen molar-refractivity contribution in [2.75, 3.05) is 27.4 Å². The number of hydrogen-bond donors (Lipinski definition) is 1. The van der Waals surface area contributed by atoms with Crippen LogP contribution < -0.4 is 5.32 Å². The van der Waals surface area contributed by atoms with Crippen molar-refractivity contribution in [3.63, 3.8) is 0 Å². The number of dihydropyridines is 1. The van der Waals surface area contributed by atoms with Crippen molar-refractivity contribution in [3.05, 3.63) is 22.5 Å². The number of piperidine rings is 1. The lowest BCUT2D eigenvalue weighted by Crippen LogP contribution is -2.45. The maximum atomic E-state index is 12.9. The lowest BCUT2D eigenvalue weighted by Gasteiger charge is -2.33. The second kappa shape index (κ2) is 9.58. The van der Waals surface area contributed by atoms with Crippen LogP contribution in [0.4, 0.5) is 0 Å². The number of rotatable bonds is 5. The Morgan fingerprint density at radius 3 is 2.03 bits per heavy atom. The first-order chi connectivity index (χ1) is 13.7. The van der Waals surface area contributed by atoms with Crippen LogP contribution in [0.5, 0.6) is 0 Å². The summed E-state index contributed by atoms with van der Waals surface area (Å²) in [4.78, 5) is 51.7. The Morgan fingerprint density at radius 2 is 1.55 bits per heavy atom. The van der Waals surface area contributed by atoms with Gasteiger partial charge in [-0.3, -0.25) is 9.59 Å². The number of carbonyl (C=O) groups is 4. The molecule has 1 atom stereocenters. The van der Waals surface area contributed by atoms with Gasteiger partial charge >= 0.3 is 17.9 Å². The van der Waals surface area contributed by atoms with Crippen LogP contribution in [0.3, 0.4) is 0 Å². The second-order valence-corrected chi connectivity index (χ2v) is 7.16. The summed E-state index contributed by atoms with van der Waals surface area (Å²) >= 11 is 0. The van der Waals surface area contributed by atoms with E-state index >= 15 is 0 Å². The normalized spacial score (nSPS) is 20.2. The van der Waals surface area contributed by atoms with Gasteiger partial charge in [0.05, 0.1) is 25.4 Å². The van der Waals surface area contributed by atoms with Gasteiger partial charge in [-0.15, -0.1) is 0 Å². The lowest BCUT2D eigenvalue weighted by molar-refractivity contribution is -0.157. The SMILES string of the molecule is COC(=O)C1=C(C)NC(C)=C(C(=O)OC)C1C(=O)OCC(=O)N1CCCC[C@@H]1C. The highest BCUT2D eigenvalue weighted by atomic mass is 16.5. The van der Waals surface area contributed by atoms with Gasteiger partial charge in [0, 0.05) is 24.0 Å². The summed E-state index contributed by atoms with van der Waals surface area (Å²) in [5, 5.41) is 2.89. The number of nitrogens with one attached hydrogen (secondary N) is 1. The molecule has 1 saturated heterocycles. The Balaban J connectivity index is 2.26. The van der Waals surface area contributed by atoms with E-state index in [1.807, 2.05) is 6.92 Å². The molecule has 160 valence electrons. The molecule has 1 amide bonds. The summed E-state index contributed by atoms with van der Waals surface area (Å²) in [7, 11) is 2.35. The molecule has 9 heteroatoms. The molecule has 9 nitrogen and oxygen atoms in total. The average molecular weight is 408 g/mol. The molecular formula is C20H28N2O7. The summed E-state index contributed by atoms with van der Waals surface area (Å²) < 4.78 is 14.8. The molecule has 0 spiro atoms. The number of amides is 1. The van der Waals surface area contributed by atoms with Gasteiger partial charge in [0.15, 0.2) is 6.61 Å². The van der Waals surface area contributed by atoms with Crippen LogP contribution in [0, 0.1) is 5.92 Å². The molecule has 1 N–H and O–H groups in total. The molecule has 1 fully saturated rings. The summed E-state index contributed by atoms with van der Waals surface area (Å²) in [5.74, 6) is -4.09. The number of allylic oxidation sites excluding steroid dienone is 2. The Labute approximate surface area is 170 Å². The predicted octanol–water partition coefficient (Wildman–Crippen LogP) is 1.04. The maximum Gasteiger partial charge on any atom is 0.336 e. The van der Waals surface area contributed by atoms with E-state index in [1.165, 1.54) is 14.2 Å². The van der Waals surface area contributed by atoms with Gasteiger partial charge in [0.25, 0.3) is 5.91 Å². The van der Waals surface area contributed by atoms with E-state index < -0.39 is 30.4 Å². The number of likely N-dealkylation sites (tertiary alicyclic amines) is 1. The average Bonchev–Trinajstić information content (AvgIpc) is 2.70. The fraction of sp³-hybridized carbons (Fsp3) is 0.600. The monoisotopic (exact) mass is 408 g/mol. The van der Waals surface area contributed by atoms with Crippen LogP contribution in [0.15, 0.2) is 22.5 Å². The van der Waals surface area contributed by atoms with Gasteiger partial charge < -0.3 is 24.4 Å². The van der Waals surface area contributed by atoms with Gasteiger partial charge in [-0.05, 0) is 40.0 Å². The minimum atomic E-state index is -1.34. The first-order valence-electron chi connectivity index (χ1n) is 9.54. The van der Waals surface area contributed by atoms with E-state index in [0.717, 1.165) is 19.3 Å². The van der Waals surface area contributed by atoms with Crippen molar-refractivity contribution >= 4 is 23.8 Å². The molecule has 0 bridgehead atoms. The van der Waals surface area contributed by atoms with Crippen molar-refractivity contribution in [1.29, 1.82) is 0 Å². The predicted molar refractivity (Wildman–Crippen MR) is 102 cm³/mol. The summed E-state index contributed by atoms with van der Waals surface area (Å²) in [6, 6.07) is 0.0781. The van der Waals surface area contributed by atoms with Crippen molar-refractivity contribution in [2.24, 2.45) is 5.92 Å². The molecule has 0 aromatic heterocycles. The molecule has 0 saturated carbocycles. The molecule has 2 aliphatic rings. The van der Waals surface area contributed by atoms with Gasteiger partial charge in [-0.2, -0.15) is 0 Å². The number of carbonyl (C=O) groups excluding carboxylic acids is 4. The van der Waals surface area contributed by atoms with Crippen molar-refractivity contribution in [2.45, 2.75) is 46.1 Å². The standard InChI is InChI=1S/C20H28N2O7/c1-11-8-6-7-9-22(11)14(23)10-29-20(26)17-15(18(24)27-4)12(2)21-13(3)16(17)19(25)28-5/h11,17,21H,6-10H2,1-5H3/t11-/m0/s1. The number of esters is 3. The second-order valence-electron chi connectivity index (χ2n) is 7.16. The molecule has 0 unspecified atom stereocenters. The van der Waals surface area contributed by atoms with E-state index in [4.69, 9.17) is 14.2 Å². The van der Waals surface area contributed by atoms with Crippen LogP contribution in [-0.4, -0.2) is 62.1 Å². The highest BCUT2D eigenvalue weighted by Gasteiger charge is 2.42. The zero-order valence-corrected chi connectivity index (χ0v) is 17.5. The van der Waals surface area contributed by atoms with Crippen LogP contribution in [-0.2, 0) is 33.4 Å². The number of ether oxygens (including phenoxy) is 3. The highest BCUT2D eigenvalue weighted by molar-refractivity contribution is 6.05. The zero-order valence-electron chi connectivity index (χ0n) is 17.5. The molecule has 2 aliphatic heterocycles. The van der Waals surface area contributed by atoms with E-state index in [9.17, 15) is 19.2 Å². The number of nitrogens with zero attached hydrogens (tertiary/aromatic N) is 1. The Bertz CT molecular complexity index is 731. The maximum absolute atomic E-state index is 12.9. The van der Waals surface area contributed by atoms with Crippen molar-refractivity contribution < 1.29 is 33.4 Å². The van der Waals surface area contributed by atoms with E-state index in [2.05, 4.69) is 5.32 Å². The van der Waals surface area contributed by atoms with Gasteiger partial charge in [-0.1, -0.05) is 0 Å². The van der Waals surface area contributed by atoms with E-state index in [1.54, 1.807) is 18.7 Å². The lowest BCUT2D eigenvalue weighted by atomic mass is 9.85. The Hall–Kier alpha value is -2.84. The third kappa shape index (κ3) is 4.78. The van der Waals surface area contributed by atoms with E-state index in [0.29, 0.717) is 17.9 Å². The molecule has 0 aliphatic carbocycles. The zero-order chi connectivity index (χ0) is 21.7. The summed E-state index contributed by atoms with van der Waals surface area (Å²) in [6.45, 7) is 5.28. The van der Waals surface area contributed by atoms with Crippen LogP contribution in [0.25, 0.3) is 0 Å². The molecule has 0 aromatic carbocycles. The third-order valence-electron chi connectivity index (χ3n) is 5.27. The smallest absolute Gasteiger partial charge is 0.336 e. The molecule has 0 aromatic rings. The van der Waals surface area contributed by atoms with Gasteiger partial charge in [-0.25, -0.2) is 9.59 Å². The van der Waals surface area contributed by atoms with Crippen molar-refractivity contribution in [1.82, 2.24) is 10.2 Å². The fourth-order valence-corrected chi connectivity index (χ4v) is 3.76. The third-order valence-corrected chi connectivity index (χ3v) is 5.27. The van der Waals surface area contributed by atoms with Gasteiger partial charge in [0.2, 0.25) is 0 Å². The Kier molecular flexibility index (Phi) is 7.41. The largest absolute Gasteiger partial charge is 0.466 e. The summed E-state index contributed by atoms with van der Waals surface area (Å²) in [5.41, 5.74) is 0.615. The first-order valence-corrected chi connectivity index (χ1v) is 9.54. The number of methoxy groups -OCH3 is 2. The summed E-state index contributed by atoms with van der Waals surface area (Å²) in [6.07, 6.45) is 2.86. The Morgan fingerprint density at radius 1 is 1.00 bits per heavy atom. The van der Waals surface area contributed by atoms with Crippen LogP contribution in [0.1, 0.15) is 40.0 Å². The van der Waals surface area contributed by atoms with Crippen molar-refractivity contribution in [3.8, 4) is 0 Å².